The molecular formula is C19H14Cl2N4. The molecule has 4 nitrogen and oxygen atoms in total. The van der Waals surface area contributed by atoms with E-state index in [0.29, 0.717) is 11.0 Å². The summed E-state index contributed by atoms with van der Waals surface area (Å²) >= 11 is 6.04. The van der Waals surface area contributed by atoms with Crippen molar-refractivity contribution in [1.82, 2.24) is 19.5 Å². The standard InChI is InChI=1S/C19H13ClN4.ClH/c20-17-12-19(22-13-21-17)24-16-9-5-4-8-15(16)23-18(24)11-10-14-6-2-1-3-7-14;/h1-13H;1H. The van der Waals surface area contributed by atoms with Gasteiger partial charge in [-0.15, -0.1) is 12.4 Å². The predicted octanol–water partition coefficient (Wildman–Crippen LogP) is 5.06. The summed E-state index contributed by atoms with van der Waals surface area (Å²) in [4.78, 5) is 13.0. The molecule has 2 aromatic heterocycles. The minimum Gasteiger partial charge on any atom is -0.277 e. The van der Waals surface area contributed by atoms with Crippen molar-refractivity contribution in [2.75, 3.05) is 0 Å². The molecule has 2 heterocycles. The molecule has 0 saturated carbocycles. The molecule has 0 aliphatic heterocycles. The highest BCUT2D eigenvalue weighted by Crippen LogP contribution is 2.22. The summed E-state index contributed by atoms with van der Waals surface area (Å²) in [5.41, 5.74) is 2.98. The first kappa shape index (κ1) is 17.1. The molecule has 2 aromatic carbocycles. The summed E-state index contributed by atoms with van der Waals surface area (Å²) < 4.78 is 1.97. The van der Waals surface area contributed by atoms with Gasteiger partial charge in [0.2, 0.25) is 0 Å². The second-order valence-electron chi connectivity index (χ2n) is 5.24. The number of nitrogens with zero attached hydrogens (tertiary/aromatic N) is 4. The monoisotopic (exact) mass is 368 g/mol. The van der Waals surface area contributed by atoms with Gasteiger partial charge in [-0.3, -0.25) is 4.57 Å². The summed E-state index contributed by atoms with van der Waals surface area (Å²) in [6, 6.07) is 19.8. The third-order valence-corrected chi connectivity index (χ3v) is 3.87. The number of rotatable bonds is 3. The maximum absolute atomic E-state index is 6.04. The summed E-state index contributed by atoms with van der Waals surface area (Å²) in [5, 5.41) is 0.399. The summed E-state index contributed by atoms with van der Waals surface area (Å²) in [7, 11) is 0. The lowest BCUT2D eigenvalue weighted by atomic mass is 10.2. The average molecular weight is 369 g/mol. The first-order valence-corrected chi connectivity index (χ1v) is 7.87. The lowest BCUT2D eigenvalue weighted by Crippen LogP contribution is -2.00. The molecule has 4 aromatic rings. The van der Waals surface area contributed by atoms with E-state index < -0.39 is 0 Å². The maximum atomic E-state index is 6.04. The molecule has 0 aliphatic rings. The van der Waals surface area contributed by atoms with Gasteiger partial charge >= 0.3 is 0 Å². The van der Waals surface area contributed by atoms with E-state index in [1.807, 2.05) is 71.3 Å². The maximum Gasteiger partial charge on any atom is 0.143 e. The van der Waals surface area contributed by atoms with Crippen LogP contribution < -0.4 is 0 Å². The second-order valence-corrected chi connectivity index (χ2v) is 5.62. The van der Waals surface area contributed by atoms with Crippen molar-refractivity contribution in [3.05, 3.63) is 83.5 Å². The largest absolute Gasteiger partial charge is 0.277 e. The van der Waals surface area contributed by atoms with Crippen LogP contribution in [0.2, 0.25) is 5.15 Å². The number of hydrogen-bond donors (Lipinski definition) is 0. The number of fused-ring (bicyclic) bond motifs is 1. The normalized spacial score (nSPS) is 10.9. The van der Waals surface area contributed by atoms with E-state index in [2.05, 4.69) is 9.97 Å². The van der Waals surface area contributed by atoms with Crippen LogP contribution in [0.25, 0.3) is 29.0 Å². The molecule has 6 heteroatoms. The van der Waals surface area contributed by atoms with Crippen LogP contribution in [0.15, 0.2) is 67.0 Å². The van der Waals surface area contributed by atoms with E-state index in [-0.39, 0.29) is 12.4 Å². The molecule has 0 fully saturated rings. The highest BCUT2D eigenvalue weighted by molar-refractivity contribution is 6.29. The fourth-order valence-electron chi connectivity index (χ4n) is 2.58. The molecule has 0 unspecified atom stereocenters. The van der Waals surface area contributed by atoms with Crippen molar-refractivity contribution in [2.24, 2.45) is 0 Å². The Morgan fingerprint density at radius 3 is 2.44 bits per heavy atom. The molecule has 0 saturated heterocycles. The quantitative estimate of drug-likeness (QED) is 0.474. The molecule has 124 valence electrons. The number of benzene rings is 2. The van der Waals surface area contributed by atoms with Crippen molar-refractivity contribution in [3.63, 3.8) is 0 Å². The Bertz CT molecular complexity index is 1030. The van der Waals surface area contributed by atoms with Crippen LogP contribution in [0.4, 0.5) is 0 Å². The molecule has 4 rings (SSSR count). The number of aromatic nitrogens is 4. The van der Waals surface area contributed by atoms with Crippen LogP contribution in [0.3, 0.4) is 0 Å². The van der Waals surface area contributed by atoms with Crippen molar-refractivity contribution in [2.45, 2.75) is 0 Å². The van der Waals surface area contributed by atoms with Gasteiger partial charge in [0.1, 0.15) is 23.1 Å². The van der Waals surface area contributed by atoms with Gasteiger partial charge in [0.25, 0.3) is 0 Å². The fourth-order valence-corrected chi connectivity index (χ4v) is 2.72. The van der Waals surface area contributed by atoms with Crippen LogP contribution in [-0.2, 0) is 0 Å². The Kier molecular flexibility index (Phi) is 5.12. The van der Waals surface area contributed by atoms with E-state index in [1.54, 1.807) is 6.07 Å². The molecule has 0 spiro atoms. The van der Waals surface area contributed by atoms with E-state index in [1.165, 1.54) is 6.33 Å². The third-order valence-electron chi connectivity index (χ3n) is 3.66. The van der Waals surface area contributed by atoms with Crippen LogP contribution in [0, 0.1) is 0 Å². The van der Waals surface area contributed by atoms with Gasteiger partial charge in [-0.1, -0.05) is 60.1 Å². The molecule has 0 amide bonds. The van der Waals surface area contributed by atoms with Crippen molar-refractivity contribution >= 4 is 47.2 Å². The highest BCUT2D eigenvalue weighted by Gasteiger charge is 2.11. The number of halogens is 2. The van der Waals surface area contributed by atoms with E-state index in [4.69, 9.17) is 16.6 Å². The first-order valence-electron chi connectivity index (χ1n) is 7.50. The summed E-state index contributed by atoms with van der Waals surface area (Å²) in [6.07, 6.45) is 5.46. The van der Waals surface area contributed by atoms with Crippen molar-refractivity contribution < 1.29 is 0 Å². The summed E-state index contributed by atoms with van der Waals surface area (Å²) in [6.45, 7) is 0. The second kappa shape index (κ2) is 7.47. The van der Waals surface area contributed by atoms with Crippen molar-refractivity contribution in [3.8, 4) is 5.82 Å². The average Bonchev–Trinajstić information content (AvgIpc) is 2.99. The van der Waals surface area contributed by atoms with Gasteiger partial charge in [0, 0.05) is 6.07 Å². The van der Waals surface area contributed by atoms with Gasteiger partial charge in [-0.2, -0.15) is 0 Å². The Morgan fingerprint density at radius 2 is 1.64 bits per heavy atom. The summed E-state index contributed by atoms with van der Waals surface area (Å²) in [5.74, 6) is 1.48. The lowest BCUT2D eigenvalue weighted by molar-refractivity contribution is 0.982. The first-order chi connectivity index (χ1) is 11.8. The minimum absolute atomic E-state index is 0. The Morgan fingerprint density at radius 1 is 0.880 bits per heavy atom. The van der Waals surface area contributed by atoms with Crippen LogP contribution >= 0.6 is 24.0 Å². The zero-order valence-corrected chi connectivity index (χ0v) is 14.7. The molecule has 0 bridgehead atoms. The third kappa shape index (κ3) is 3.55. The Labute approximate surface area is 156 Å². The van der Waals surface area contributed by atoms with Crippen LogP contribution in [0.1, 0.15) is 11.4 Å². The number of imidazole rings is 1. The molecule has 0 atom stereocenters. The molecule has 0 radical (unpaired) electrons. The van der Waals surface area contributed by atoms with Gasteiger partial charge in [0.15, 0.2) is 0 Å². The lowest BCUT2D eigenvalue weighted by Gasteiger charge is -2.06. The Hall–Kier alpha value is -2.69. The van der Waals surface area contributed by atoms with Crippen LogP contribution in [0.5, 0.6) is 0 Å². The number of hydrogen-bond acceptors (Lipinski definition) is 3. The highest BCUT2D eigenvalue weighted by atomic mass is 35.5. The topological polar surface area (TPSA) is 43.6 Å². The van der Waals surface area contributed by atoms with Gasteiger partial charge < -0.3 is 0 Å². The Balaban J connectivity index is 0.00000182. The molecule has 0 N–H and O–H groups in total. The van der Waals surface area contributed by atoms with Gasteiger partial charge in [-0.05, 0) is 23.8 Å². The smallest absolute Gasteiger partial charge is 0.143 e. The van der Waals surface area contributed by atoms with Gasteiger partial charge in [0.05, 0.1) is 11.0 Å². The van der Waals surface area contributed by atoms with Gasteiger partial charge in [-0.25, -0.2) is 15.0 Å². The van der Waals surface area contributed by atoms with Crippen molar-refractivity contribution in [1.29, 1.82) is 0 Å². The number of para-hydroxylation sites is 2. The molecule has 0 aliphatic carbocycles. The molecule has 25 heavy (non-hydrogen) atoms. The zero-order valence-electron chi connectivity index (χ0n) is 13.1. The SMILES string of the molecule is Cl.Clc1cc(-n2c(C=Cc3ccccc3)nc3ccccc32)ncn1. The zero-order chi connectivity index (χ0) is 16.4. The van der Waals surface area contributed by atoms with E-state index >= 15 is 0 Å². The molecular weight excluding hydrogens is 355 g/mol. The van der Waals surface area contributed by atoms with E-state index in [9.17, 15) is 0 Å². The van der Waals surface area contributed by atoms with E-state index in [0.717, 1.165) is 22.4 Å². The predicted molar refractivity (Wildman–Crippen MR) is 104 cm³/mol. The minimum atomic E-state index is 0. The fraction of sp³-hybridized carbons (Fsp3) is 0. The van der Waals surface area contributed by atoms with Crippen LogP contribution in [-0.4, -0.2) is 19.5 Å².